The summed E-state index contributed by atoms with van der Waals surface area (Å²) in [6, 6.07) is 5.67. The number of anilines is 1. The van der Waals surface area contributed by atoms with Crippen LogP contribution in [0.5, 0.6) is 0 Å². The Labute approximate surface area is 218 Å². The van der Waals surface area contributed by atoms with Crippen LogP contribution in [0.3, 0.4) is 0 Å². The fourth-order valence-corrected chi connectivity index (χ4v) is 4.78. The Morgan fingerprint density at radius 2 is 1.92 bits per heavy atom. The highest BCUT2D eigenvalue weighted by Crippen LogP contribution is 2.39. The minimum absolute atomic E-state index is 0.0245. The number of hydrogen-bond donors (Lipinski definition) is 3. The number of aromatic carboxylic acids is 1. The van der Waals surface area contributed by atoms with Crippen molar-refractivity contribution in [1.29, 1.82) is 0 Å². The molecule has 0 fully saturated rings. The molecule has 0 aliphatic heterocycles. The van der Waals surface area contributed by atoms with Gasteiger partial charge in [0.2, 0.25) is 5.43 Å². The Hall–Kier alpha value is -4.26. The van der Waals surface area contributed by atoms with E-state index in [1.807, 2.05) is 6.92 Å². The molecule has 0 atom stereocenters. The summed E-state index contributed by atoms with van der Waals surface area (Å²) in [5.74, 6) is -1.28. The number of nitrogens with one attached hydrogen (secondary N) is 2. The van der Waals surface area contributed by atoms with Gasteiger partial charge in [-0.1, -0.05) is 13.0 Å². The van der Waals surface area contributed by atoms with Crippen molar-refractivity contribution >= 4 is 40.1 Å². The highest BCUT2D eigenvalue weighted by molar-refractivity contribution is 7.13. The summed E-state index contributed by atoms with van der Waals surface area (Å²) in [6.07, 6.45) is -1.29. The highest BCUT2D eigenvalue weighted by atomic mass is 32.1. The molecule has 4 rings (SSSR count). The topological polar surface area (TPSA) is 126 Å². The fraction of sp³-hybridized carbons (Fsp3) is 0.240. The molecule has 0 aliphatic carbocycles. The molecule has 198 valence electrons. The van der Waals surface area contributed by atoms with Crippen LogP contribution < -0.4 is 16.1 Å². The molecular formula is C25H22F3N5O4S. The number of halogens is 3. The van der Waals surface area contributed by atoms with Crippen molar-refractivity contribution in [3.8, 4) is 21.7 Å². The Morgan fingerprint density at radius 1 is 1.16 bits per heavy atom. The third-order valence-electron chi connectivity index (χ3n) is 5.59. The molecule has 0 radical (unpaired) electrons. The molecule has 1 aromatic carbocycles. The lowest BCUT2D eigenvalue weighted by molar-refractivity contribution is -0.140. The van der Waals surface area contributed by atoms with E-state index in [0.717, 1.165) is 16.7 Å². The molecule has 2 amide bonds. The van der Waals surface area contributed by atoms with Gasteiger partial charge in [0.1, 0.15) is 16.4 Å². The second-order valence-electron chi connectivity index (χ2n) is 8.24. The lowest BCUT2D eigenvalue weighted by Gasteiger charge is -2.14. The van der Waals surface area contributed by atoms with Crippen LogP contribution in [0.15, 0.2) is 46.8 Å². The van der Waals surface area contributed by atoms with Gasteiger partial charge in [-0.2, -0.15) is 13.2 Å². The zero-order chi connectivity index (χ0) is 27.6. The Morgan fingerprint density at radius 3 is 2.55 bits per heavy atom. The number of nitrogens with zero attached hydrogens (tertiary/aromatic N) is 3. The van der Waals surface area contributed by atoms with E-state index in [2.05, 4.69) is 20.6 Å². The van der Waals surface area contributed by atoms with E-state index in [0.29, 0.717) is 36.2 Å². The lowest BCUT2D eigenvalue weighted by atomic mass is 9.99. The fourth-order valence-electron chi connectivity index (χ4n) is 3.92. The standard InChI is InChI=1S/C25H22F3N5O4S/c1-3-7-33-11-17(23(35)36)21(34)15-8-13(5-6-18(15)33)16-10-30-20(32-24(37)29-4-2)9-14(16)22-31-19(12-38-22)25(26,27)28/h5-6,8-12H,3-4,7H2,1-2H3,(H,35,36)(H2,29,30,32,37). The molecule has 3 heterocycles. The number of carboxylic acids is 1. The van der Waals surface area contributed by atoms with Gasteiger partial charge in [-0.3, -0.25) is 10.1 Å². The molecule has 0 unspecified atom stereocenters. The molecule has 9 nitrogen and oxygen atoms in total. The number of aromatic nitrogens is 3. The van der Waals surface area contributed by atoms with Gasteiger partial charge >= 0.3 is 18.2 Å². The first-order chi connectivity index (χ1) is 18.0. The summed E-state index contributed by atoms with van der Waals surface area (Å²) in [7, 11) is 0. The number of carboxylic acid groups (broad SMARTS) is 1. The number of aryl methyl sites for hydroxylation is 1. The number of urea groups is 1. The molecule has 4 aromatic rings. The number of rotatable bonds is 7. The van der Waals surface area contributed by atoms with Crippen LogP contribution in [0, 0.1) is 0 Å². The maximum absolute atomic E-state index is 13.3. The van der Waals surface area contributed by atoms with Crippen molar-refractivity contribution < 1.29 is 27.9 Å². The van der Waals surface area contributed by atoms with Crippen LogP contribution in [0.1, 0.15) is 36.3 Å². The van der Waals surface area contributed by atoms with Crippen molar-refractivity contribution in [2.75, 3.05) is 11.9 Å². The van der Waals surface area contributed by atoms with Crippen molar-refractivity contribution in [3.05, 3.63) is 63.5 Å². The quantitative estimate of drug-likeness (QED) is 0.283. The van der Waals surface area contributed by atoms with Crippen molar-refractivity contribution in [2.45, 2.75) is 33.0 Å². The molecule has 0 saturated heterocycles. The lowest BCUT2D eigenvalue weighted by Crippen LogP contribution is -2.28. The van der Waals surface area contributed by atoms with E-state index in [9.17, 15) is 32.7 Å². The van der Waals surface area contributed by atoms with Crippen molar-refractivity contribution in [2.24, 2.45) is 0 Å². The highest BCUT2D eigenvalue weighted by Gasteiger charge is 2.34. The van der Waals surface area contributed by atoms with Crippen LogP contribution in [0.25, 0.3) is 32.6 Å². The van der Waals surface area contributed by atoms with Crippen LogP contribution in [0.2, 0.25) is 0 Å². The first-order valence-electron chi connectivity index (χ1n) is 11.5. The number of pyridine rings is 2. The average Bonchev–Trinajstić information content (AvgIpc) is 3.37. The predicted octanol–water partition coefficient (Wildman–Crippen LogP) is 5.46. The van der Waals surface area contributed by atoms with Gasteiger partial charge in [0.25, 0.3) is 0 Å². The van der Waals surface area contributed by atoms with Gasteiger partial charge in [-0.05, 0) is 37.1 Å². The summed E-state index contributed by atoms with van der Waals surface area (Å²) in [6.45, 7) is 4.46. The first-order valence-corrected chi connectivity index (χ1v) is 12.4. The summed E-state index contributed by atoms with van der Waals surface area (Å²) in [5, 5.41) is 15.7. The zero-order valence-electron chi connectivity index (χ0n) is 20.2. The first kappa shape index (κ1) is 26.8. The Bertz CT molecular complexity index is 1600. The van der Waals surface area contributed by atoms with Gasteiger partial charge in [0.05, 0.1) is 5.52 Å². The maximum Gasteiger partial charge on any atom is 0.434 e. The third-order valence-corrected chi connectivity index (χ3v) is 6.47. The molecule has 0 aliphatic rings. The van der Waals surface area contributed by atoms with Crippen LogP contribution in [-0.2, 0) is 12.7 Å². The minimum Gasteiger partial charge on any atom is -0.477 e. The summed E-state index contributed by atoms with van der Waals surface area (Å²) >= 11 is 0.768. The Kier molecular flexibility index (Phi) is 7.49. The van der Waals surface area contributed by atoms with Gasteiger partial charge < -0.3 is 15.0 Å². The number of carbonyl (C=O) groups excluding carboxylic acids is 1. The second kappa shape index (κ2) is 10.6. The third kappa shape index (κ3) is 5.37. The van der Waals surface area contributed by atoms with Crippen LogP contribution >= 0.6 is 11.3 Å². The van der Waals surface area contributed by atoms with Gasteiger partial charge in [0.15, 0.2) is 5.69 Å². The smallest absolute Gasteiger partial charge is 0.434 e. The number of carbonyl (C=O) groups is 2. The van der Waals surface area contributed by atoms with Crippen molar-refractivity contribution in [1.82, 2.24) is 19.9 Å². The van der Waals surface area contributed by atoms with Crippen LogP contribution in [-0.4, -0.2) is 38.2 Å². The van der Waals surface area contributed by atoms with Gasteiger partial charge in [-0.25, -0.2) is 19.6 Å². The van der Waals surface area contributed by atoms with E-state index >= 15 is 0 Å². The normalized spacial score (nSPS) is 11.5. The number of thiazole rings is 1. The van der Waals surface area contributed by atoms with E-state index in [1.54, 1.807) is 23.6 Å². The van der Waals surface area contributed by atoms with Gasteiger partial charge in [-0.15, -0.1) is 11.3 Å². The second-order valence-corrected chi connectivity index (χ2v) is 9.10. The number of amides is 2. The monoisotopic (exact) mass is 545 g/mol. The molecule has 3 N–H and O–H groups in total. The molecule has 0 bridgehead atoms. The van der Waals surface area contributed by atoms with Gasteiger partial charge in [0, 0.05) is 47.4 Å². The zero-order valence-corrected chi connectivity index (χ0v) is 21.0. The molecule has 0 spiro atoms. The summed E-state index contributed by atoms with van der Waals surface area (Å²) in [5.41, 5.74) is -0.615. The molecule has 0 saturated carbocycles. The molecular weight excluding hydrogens is 523 g/mol. The molecule has 38 heavy (non-hydrogen) atoms. The SMILES string of the molecule is CCCn1cc(C(=O)O)c(=O)c2cc(-c3cnc(NC(=O)NCC)cc3-c3nc(C(F)(F)F)cs3)ccc21. The number of hydrogen-bond acceptors (Lipinski definition) is 6. The predicted molar refractivity (Wildman–Crippen MR) is 137 cm³/mol. The number of alkyl halides is 3. The van der Waals surface area contributed by atoms with E-state index in [1.165, 1.54) is 24.5 Å². The van der Waals surface area contributed by atoms with Crippen molar-refractivity contribution in [3.63, 3.8) is 0 Å². The Balaban J connectivity index is 1.93. The van der Waals surface area contributed by atoms with E-state index < -0.39 is 34.9 Å². The summed E-state index contributed by atoms with van der Waals surface area (Å²) in [4.78, 5) is 44.7. The number of benzene rings is 1. The van der Waals surface area contributed by atoms with E-state index in [-0.39, 0.29) is 21.8 Å². The van der Waals surface area contributed by atoms with E-state index in [4.69, 9.17) is 0 Å². The average molecular weight is 546 g/mol. The molecule has 3 aromatic heterocycles. The maximum atomic E-state index is 13.3. The summed E-state index contributed by atoms with van der Waals surface area (Å²) < 4.78 is 41.5. The van der Waals surface area contributed by atoms with Crippen LogP contribution in [0.4, 0.5) is 23.8 Å². The largest absolute Gasteiger partial charge is 0.477 e. The minimum atomic E-state index is -4.65. The molecule has 13 heteroatoms. The number of fused-ring (bicyclic) bond motifs is 1.